The van der Waals surface area contributed by atoms with Gasteiger partial charge < -0.3 is 4.74 Å². The highest BCUT2D eigenvalue weighted by atomic mass is 32.2. The first-order chi connectivity index (χ1) is 3.39. The zero-order chi connectivity index (χ0) is 5.11. The van der Waals surface area contributed by atoms with E-state index >= 15 is 0 Å². The topological polar surface area (TPSA) is 26.3 Å². The molecule has 0 aromatic heterocycles. The van der Waals surface area contributed by atoms with Crippen molar-refractivity contribution in [3.05, 3.63) is 5.75 Å². The van der Waals surface area contributed by atoms with Crippen LogP contribution in [0.4, 0.5) is 0 Å². The molecule has 39 valence electrons. The highest BCUT2D eigenvalue weighted by Crippen LogP contribution is 2.10. The quantitative estimate of drug-likeness (QED) is 0.430. The number of cyclic esters (lactones) is 1. The first-order valence-electron chi connectivity index (χ1n) is 2.01. The summed E-state index contributed by atoms with van der Waals surface area (Å²) in [4.78, 5) is 10.2. The van der Waals surface area contributed by atoms with E-state index in [1.165, 1.54) is 17.5 Å². The van der Waals surface area contributed by atoms with Crippen molar-refractivity contribution >= 4 is 17.7 Å². The maximum Gasteiger partial charge on any atom is 0.320 e. The number of rotatable bonds is 0. The maximum atomic E-state index is 10.2. The Morgan fingerprint density at radius 2 is 2.71 bits per heavy atom. The molecular weight excluding hydrogens is 112 g/mol. The minimum Gasteiger partial charge on any atom is -0.464 e. The van der Waals surface area contributed by atoms with Gasteiger partial charge in [-0.15, -0.1) is 11.8 Å². The van der Waals surface area contributed by atoms with Crippen LogP contribution in [0.2, 0.25) is 0 Å². The fraction of sp³-hybridized carbons (Fsp3) is 0.500. The molecule has 0 aliphatic carbocycles. The Bertz CT molecular complexity index is 73.8. The third-order valence-corrected chi connectivity index (χ3v) is 1.39. The SMILES string of the molecule is O=C1[CH]SCCO1. The molecule has 7 heavy (non-hydrogen) atoms. The van der Waals surface area contributed by atoms with Gasteiger partial charge in [-0.1, -0.05) is 0 Å². The summed E-state index contributed by atoms with van der Waals surface area (Å²) in [6, 6.07) is 0. The van der Waals surface area contributed by atoms with Gasteiger partial charge in [0.05, 0.1) is 0 Å². The molecule has 1 saturated heterocycles. The molecule has 0 aromatic rings. The Labute approximate surface area is 46.2 Å². The Hall–Kier alpha value is -0.180. The van der Waals surface area contributed by atoms with Crippen LogP contribution in [0.25, 0.3) is 0 Å². The molecule has 2 nitrogen and oxygen atoms in total. The fourth-order valence-corrected chi connectivity index (χ4v) is 0.853. The van der Waals surface area contributed by atoms with Gasteiger partial charge >= 0.3 is 5.97 Å². The molecule has 0 N–H and O–H groups in total. The second-order valence-electron chi connectivity index (χ2n) is 1.16. The summed E-state index contributed by atoms with van der Waals surface area (Å²) < 4.78 is 4.56. The van der Waals surface area contributed by atoms with Crippen molar-refractivity contribution in [1.29, 1.82) is 0 Å². The summed E-state index contributed by atoms with van der Waals surface area (Å²) in [6.45, 7) is 0.569. The van der Waals surface area contributed by atoms with Crippen LogP contribution in [-0.4, -0.2) is 18.3 Å². The summed E-state index contributed by atoms with van der Waals surface area (Å²) in [5, 5.41) is 0. The van der Waals surface area contributed by atoms with Crippen LogP contribution in [-0.2, 0) is 9.53 Å². The van der Waals surface area contributed by atoms with Crippen LogP contribution in [0.15, 0.2) is 0 Å². The second-order valence-corrected chi connectivity index (χ2v) is 2.13. The number of ether oxygens (including phenoxy) is 1. The zero-order valence-electron chi connectivity index (χ0n) is 3.72. The predicted molar refractivity (Wildman–Crippen MR) is 27.7 cm³/mol. The smallest absolute Gasteiger partial charge is 0.320 e. The molecule has 1 rings (SSSR count). The van der Waals surface area contributed by atoms with Crippen molar-refractivity contribution in [2.45, 2.75) is 0 Å². The zero-order valence-corrected chi connectivity index (χ0v) is 4.53. The van der Waals surface area contributed by atoms with Crippen LogP contribution in [0.3, 0.4) is 0 Å². The average Bonchev–Trinajstić information content (AvgIpc) is 1.69. The van der Waals surface area contributed by atoms with Crippen molar-refractivity contribution in [3.8, 4) is 0 Å². The van der Waals surface area contributed by atoms with Gasteiger partial charge in [-0.25, -0.2) is 0 Å². The number of hydrogen-bond donors (Lipinski definition) is 0. The van der Waals surface area contributed by atoms with Crippen molar-refractivity contribution < 1.29 is 9.53 Å². The van der Waals surface area contributed by atoms with E-state index < -0.39 is 0 Å². The summed E-state index contributed by atoms with van der Waals surface area (Å²) in [7, 11) is 0. The molecule has 1 aliphatic rings. The van der Waals surface area contributed by atoms with Crippen molar-refractivity contribution in [1.82, 2.24) is 0 Å². The van der Waals surface area contributed by atoms with E-state index in [-0.39, 0.29) is 5.97 Å². The van der Waals surface area contributed by atoms with Gasteiger partial charge in [-0.2, -0.15) is 0 Å². The number of carbonyl (C=O) groups excluding carboxylic acids is 1. The van der Waals surface area contributed by atoms with E-state index in [2.05, 4.69) is 4.74 Å². The van der Waals surface area contributed by atoms with Crippen LogP contribution in [0, 0.1) is 5.75 Å². The Morgan fingerprint density at radius 1 is 1.86 bits per heavy atom. The van der Waals surface area contributed by atoms with Gasteiger partial charge in [-0.3, -0.25) is 4.79 Å². The lowest BCUT2D eigenvalue weighted by atomic mass is 10.7. The summed E-state index contributed by atoms with van der Waals surface area (Å²) >= 11 is 1.50. The summed E-state index contributed by atoms with van der Waals surface area (Å²) in [5.41, 5.74) is 0. The Morgan fingerprint density at radius 3 is 3.00 bits per heavy atom. The molecule has 0 atom stereocenters. The number of carbonyl (C=O) groups is 1. The van der Waals surface area contributed by atoms with E-state index in [0.29, 0.717) is 6.61 Å². The molecular formula is C4H5O2S. The van der Waals surface area contributed by atoms with Crippen molar-refractivity contribution in [2.24, 2.45) is 0 Å². The number of thioether (sulfide) groups is 1. The predicted octanol–water partition coefficient (Wildman–Crippen LogP) is 0.438. The molecule has 1 heterocycles. The molecule has 0 amide bonds. The standard InChI is InChI=1S/C4H5O2S/c5-4-3-7-2-1-6-4/h3H,1-2H2. The molecule has 0 spiro atoms. The maximum absolute atomic E-state index is 10.2. The second kappa shape index (κ2) is 2.21. The van der Waals surface area contributed by atoms with E-state index in [0.717, 1.165) is 5.75 Å². The van der Waals surface area contributed by atoms with Crippen LogP contribution >= 0.6 is 11.8 Å². The van der Waals surface area contributed by atoms with E-state index in [1.807, 2.05) is 0 Å². The molecule has 0 bridgehead atoms. The minimum atomic E-state index is -0.198. The third kappa shape index (κ3) is 1.39. The number of esters is 1. The van der Waals surface area contributed by atoms with Crippen molar-refractivity contribution in [3.63, 3.8) is 0 Å². The average molecular weight is 117 g/mol. The molecule has 1 aliphatic heterocycles. The lowest BCUT2D eigenvalue weighted by Crippen LogP contribution is -2.11. The van der Waals surface area contributed by atoms with E-state index in [9.17, 15) is 4.79 Å². The van der Waals surface area contributed by atoms with Crippen LogP contribution in [0.5, 0.6) is 0 Å². The first-order valence-corrected chi connectivity index (χ1v) is 3.06. The van der Waals surface area contributed by atoms with E-state index in [1.54, 1.807) is 0 Å². The first kappa shape index (κ1) is 4.97. The lowest BCUT2D eigenvalue weighted by molar-refractivity contribution is -0.138. The Balaban J connectivity index is 2.25. The van der Waals surface area contributed by atoms with Crippen LogP contribution in [0.1, 0.15) is 0 Å². The molecule has 1 fully saturated rings. The van der Waals surface area contributed by atoms with Gasteiger partial charge in [0.15, 0.2) is 0 Å². The van der Waals surface area contributed by atoms with Gasteiger partial charge in [-0.05, 0) is 0 Å². The Kier molecular flexibility index (Phi) is 1.57. The summed E-state index contributed by atoms with van der Waals surface area (Å²) in [6.07, 6.45) is 0. The van der Waals surface area contributed by atoms with Gasteiger partial charge in [0.25, 0.3) is 0 Å². The highest BCUT2D eigenvalue weighted by molar-refractivity contribution is 8.02. The van der Waals surface area contributed by atoms with Gasteiger partial charge in [0.2, 0.25) is 0 Å². The number of hydrogen-bond acceptors (Lipinski definition) is 3. The summed E-state index contributed by atoms with van der Waals surface area (Å²) in [5.74, 6) is 2.20. The monoisotopic (exact) mass is 117 g/mol. The molecule has 0 unspecified atom stereocenters. The molecule has 0 aromatic carbocycles. The van der Waals surface area contributed by atoms with Crippen molar-refractivity contribution in [2.75, 3.05) is 12.4 Å². The normalized spacial score (nSPS) is 21.4. The fourth-order valence-electron chi connectivity index (χ4n) is 0.351. The highest BCUT2D eigenvalue weighted by Gasteiger charge is 2.07. The largest absolute Gasteiger partial charge is 0.464 e. The van der Waals surface area contributed by atoms with Gasteiger partial charge in [0.1, 0.15) is 12.4 Å². The minimum absolute atomic E-state index is 0.198. The molecule has 0 saturated carbocycles. The third-order valence-electron chi connectivity index (χ3n) is 0.625. The molecule has 1 radical (unpaired) electrons. The van der Waals surface area contributed by atoms with E-state index in [4.69, 9.17) is 0 Å². The lowest BCUT2D eigenvalue weighted by Gasteiger charge is -2.07. The van der Waals surface area contributed by atoms with Gasteiger partial charge in [0, 0.05) is 5.75 Å². The van der Waals surface area contributed by atoms with Crippen LogP contribution < -0.4 is 0 Å². The molecule has 3 heteroatoms.